The predicted molar refractivity (Wildman–Crippen MR) is 106 cm³/mol. The molecule has 3 rings (SSSR count). The summed E-state index contributed by atoms with van der Waals surface area (Å²) in [4.78, 5) is 44.6. The number of pyridine rings is 1. The minimum atomic E-state index is -1.08. The summed E-state index contributed by atoms with van der Waals surface area (Å²) in [6.07, 6.45) is 6.04. The number of imidazole rings is 1. The van der Waals surface area contributed by atoms with Gasteiger partial charge in [-0.3, -0.25) is 19.0 Å². The Hall–Kier alpha value is -3.81. The summed E-state index contributed by atoms with van der Waals surface area (Å²) in [7, 11) is 0. The summed E-state index contributed by atoms with van der Waals surface area (Å²) in [5, 5.41) is 2.62. The van der Waals surface area contributed by atoms with E-state index in [9.17, 15) is 14.4 Å². The van der Waals surface area contributed by atoms with Crippen molar-refractivity contribution in [3.05, 3.63) is 78.5 Å². The van der Waals surface area contributed by atoms with Crippen LogP contribution in [0.5, 0.6) is 0 Å². The van der Waals surface area contributed by atoms with Crippen LogP contribution in [0.15, 0.2) is 67.3 Å². The van der Waals surface area contributed by atoms with Crippen molar-refractivity contribution in [3.63, 3.8) is 0 Å². The molecule has 0 aliphatic heterocycles. The first-order valence-corrected chi connectivity index (χ1v) is 9.18. The highest BCUT2D eigenvalue weighted by atomic mass is 16.2. The lowest BCUT2D eigenvalue weighted by molar-refractivity contribution is -0.137. The van der Waals surface area contributed by atoms with Crippen LogP contribution in [0.3, 0.4) is 0 Å². The van der Waals surface area contributed by atoms with E-state index in [2.05, 4.69) is 15.3 Å². The third-order valence-electron chi connectivity index (χ3n) is 4.43. The smallest absolute Gasteiger partial charge is 0.287 e. The molecule has 1 unspecified atom stereocenters. The highest BCUT2D eigenvalue weighted by molar-refractivity contribution is 6.37. The van der Waals surface area contributed by atoms with Crippen molar-refractivity contribution in [1.29, 1.82) is 0 Å². The molecule has 8 nitrogen and oxygen atoms in total. The van der Waals surface area contributed by atoms with Gasteiger partial charge in [0, 0.05) is 6.20 Å². The number of amides is 2. The van der Waals surface area contributed by atoms with Crippen LogP contribution in [0.25, 0.3) is 5.82 Å². The molecule has 0 fully saturated rings. The average Bonchev–Trinajstić information content (AvgIpc) is 3.24. The SMILES string of the molecule is NC(=O)C(=O)C(CCCc1ccccc1)NC(=O)c1cncn1-c1ccccn1. The van der Waals surface area contributed by atoms with Gasteiger partial charge in [-0.1, -0.05) is 36.4 Å². The number of carbonyl (C=O) groups excluding carboxylic acids is 3. The summed E-state index contributed by atoms with van der Waals surface area (Å²) in [5.41, 5.74) is 6.48. The van der Waals surface area contributed by atoms with Crippen LogP contribution in [-0.4, -0.2) is 38.2 Å². The maximum Gasteiger partial charge on any atom is 0.287 e. The minimum Gasteiger partial charge on any atom is -0.363 e. The number of aryl methyl sites for hydroxylation is 1. The molecule has 148 valence electrons. The van der Waals surface area contributed by atoms with E-state index < -0.39 is 23.6 Å². The number of rotatable bonds is 9. The Balaban J connectivity index is 1.71. The Kier molecular flexibility index (Phi) is 6.47. The second-order valence-corrected chi connectivity index (χ2v) is 6.47. The Labute approximate surface area is 167 Å². The molecule has 1 atom stereocenters. The lowest BCUT2D eigenvalue weighted by Crippen LogP contribution is -2.46. The molecule has 8 heteroatoms. The van der Waals surface area contributed by atoms with Gasteiger partial charge in [0.15, 0.2) is 0 Å². The minimum absolute atomic E-state index is 0.203. The molecule has 2 aromatic heterocycles. The number of nitrogens with two attached hydrogens (primary N) is 1. The van der Waals surface area contributed by atoms with E-state index in [1.807, 2.05) is 30.3 Å². The van der Waals surface area contributed by atoms with Crippen LogP contribution in [0.1, 0.15) is 28.9 Å². The summed E-state index contributed by atoms with van der Waals surface area (Å²) >= 11 is 0. The number of ketones is 1. The highest BCUT2D eigenvalue weighted by Crippen LogP contribution is 2.11. The van der Waals surface area contributed by atoms with Crippen LogP contribution >= 0.6 is 0 Å². The van der Waals surface area contributed by atoms with Gasteiger partial charge in [0.1, 0.15) is 17.8 Å². The largest absolute Gasteiger partial charge is 0.363 e. The number of primary amides is 1. The number of benzene rings is 1. The summed E-state index contributed by atoms with van der Waals surface area (Å²) in [5.74, 6) is -1.92. The zero-order valence-electron chi connectivity index (χ0n) is 15.7. The average molecular weight is 391 g/mol. The van der Waals surface area contributed by atoms with Crippen LogP contribution in [0.2, 0.25) is 0 Å². The fourth-order valence-corrected chi connectivity index (χ4v) is 2.97. The van der Waals surface area contributed by atoms with Crippen molar-refractivity contribution in [3.8, 4) is 5.82 Å². The molecule has 0 aliphatic carbocycles. The number of aromatic nitrogens is 3. The van der Waals surface area contributed by atoms with E-state index >= 15 is 0 Å². The Bertz CT molecular complexity index is 986. The third-order valence-corrected chi connectivity index (χ3v) is 4.43. The summed E-state index contributed by atoms with van der Waals surface area (Å²) in [6.45, 7) is 0. The maximum absolute atomic E-state index is 12.8. The second-order valence-electron chi connectivity index (χ2n) is 6.47. The van der Waals surface area contributed by atoms with Crippen molar-refractivity contribution < 1.29 is 14.4 Å². The number of Topliss-reactive ketones (excluding diaryl/α,β-unsaturated/α-hetero) is 1. The predicted octanol–water partition coefficient (Wildman–Crippen LogP) is 1.44. The van der Waals surface area contributed by atoms with Gasteiger partial charge in [-0.15, -0.1) is 0 Å². The molecule has 0 saturated carbocycles. The molecule has 29 heavy (non-hydrogen) atoms. The van der Waals surface area contributed by atoms with Gasteiger partial charge in [0.05, 0.1) is 12.2 Å². The van der Waals surface area contributed by atoms with Crippen LogP contribution in [0.4, 0.5) is 0 Å². The van der Waals surface area contributed by atoms with Crippen LogP contribution < -0.4 is 11.1 Å². The van der Waals surface area contributed by atoms with Crippen molar-refractivity contribution in [1.82, 2.24) is 19.9 Å². The lowest BCUT2D eigenvalue weighted by atomic mass is 10.0. The molecule has 3 aromatic rings. The van der Waals surface area contributed by atoms with Crippen molar-refractivity contribution in [2.24, 2.45) is 5.73 Å². The van der Waals surface area contributed by atoms with Gasteiger partial charge in [-0.2, -0.15) is 0 Å². The lowest BCUT2D eigenvalue weighted by Gasteiger charge is -2.16. The molecule has 2 heterocycles. The molecule has 2 amide bonds. The zero-order valence-corrected chi connectivity index (χ0v) is 15.7. The fraction of sp³-hybridized carbons (Fsp3) is 0.190. The van der Waals surface area contributed by atoms with Gasteiger partial charge in [0.25, 0.3) is 11.8 Å². The number of hydrogen-bond acceptors (Lipinski definition) is 5. The van der Waals surface area contributed by atoms with E-state index in [0.29, 0.717) is 25.1 Å². The molecule has 0 saturated heterocycles. The highest BCUT2D eigenvalue weighted by Gasteiger charge is 2.26. The van der Waals surface area contributed by atoms with Crippen molar-refractivity contribution >= 4 is 17.6 Å². The zero-order chi connectivity index (χ0) is 20.6. The van der Waals surface area contributed by atoms with E-state index in [-0.39, 0.29) is 5.69 Å². The van der Waals surface area contributed by atoms with E-state index in [4.69, 9.17) is 5.73 Å². The van der Waals surface area contributed by atoms with Gasteiger partial charge in [-0.05, 0) is 37.0 Å². The van der Waals surface area contributed by atoms with E-state index in [0.717, 1.165) is 5.56 Å². The van der Waals surface area contributed by atoms with Crippen molar-refractivity contribution in [2.45, 2.75) is 25.3 Å². The monoisotopic (exact) mass is 391 g/mol. The second kappa shape index (κ2) is 9.41. The topological polar surface area (TPSA) is 120 Å². The molecule has 0 aliphatic rings. The number of carbonyl (C=O) groups is 3. The fourth-order valence-electron chi connectivity index (χ4n) is 2.97. The van der Waals surface area contributed by atoms with E-state index in [1.165, 1.54) is 17.1 Å². The van der Waals surface area contributed by atoms with Gasteiger partial charge < -0.3 is 11.1 Å². The van der Waals surface area contributed by atoms with Gasteiger partial charge >= 0.3 is 0 Å². The Morgan fingerprint density at radius 1 is 1.07 bits per heavy atom. The molecule has 0 bridgehead atoms. The van der Waals surface area contributed by atoms with Gasteiger partial charge in [0.2, 0.25) is 5.78 Å². The maximum atomic E-state index is 12.8. The third kappa shape index (κ3) is 5.13. The number of hydrogen-bond donors (Lipinski definition) is 2. The van der Waals surface area contributed by atoms with Crippen LogP contribution in [-0.2, 0) is 16.0 Å². The standard InChI is InChI=1S/C21H21N5O3/c22-20(28)19(27)16(10-6-9-15-7-2-1-3-8-15)25-21(29)17-13-23-14-26(17)18-11-4-5-12-24-18/h1-5,7-8,11-14,16H,6,9-10H2,(H2,22,28)(H,25,29). The number of nitrogens with zero attached hydrogens (tertiary/aromatic N) is 3. The van der Waals surface area contributed by atoms with Crippen molar-refractivity contribution in [2.75, 3.05) is 0 Å². The molecule has 1 aromatic carbocycles. The summed E-state index contributed by atoms with van der Waals surface area (Å²) < 4.78 is 1.51. The van der Waals surface area contributed by atoms with E-state index in [1.54, 1.807) is 24.4 Å². The first-order valence-electron chi connectivity index (χ1n) is 9.18. The molecule has 0 radical (unpaired) electrons. The first kappa shape index (κ1) is 19.9. The first-order chi connectivity index (χ1) is 14.1. The summed E-state index contributed by atoms with van der Waals surface area (Å²) in [6, 6.07) is 14.0. The van der Waals surface area contributed by atoms with Gasteiger partial charge in [-0.25, -0.2) is 9.97 Å². The Morgan fingerprint density at radius 3 is 2.52 bits per heavy atom. The van der Waals surface area contributed by atoms with Crippen LogP contribution in [0, 0.1) is 0 Å². The quantitative estimate of drug-likeness (QED) is 0.535. The Morgan fingerprint density at radius 2 is 1.83 bits per heavy atom. The molecular weight excluding hydrogens is 370 g/mol. The molecular formula is C21H21N5O3. The molecule has 3 N–H and O–H groups in total. The number of nitrogens with one attached hydrogen (secondary N) is 1. The normalized spacial score (nSPS) is 11.6. The molecule has 0 spiro atoms.